The Labute approximate surface area is 97.1 Å². The SMILES string of the molecule is COc1cc(C(C)(C)ON)c(Br)cc1O. The molecule has 0 aliphatic rings. The molecule has 0 bridgehead atoms. The van der Waals surface area contributed by atoms with Crippen molar-refractivity contribution in [2.24, 2.45) is 5.90 Å². The number of methoxy groups -OCH3 is 1. The molecule has 1 rings (SSSR count). The van der Waals surface area contributed by atoms with Crippen LogP contribution in [0.5, 0.6) is 11.5 Å². The molecule has 3 N–H and O–H groups in total. The zero-order valence-corrected chi connectivity index (χ0v) is 10.5. The summed E-state index contributed by atoms with van der Waals surface area (Å²) in [4.78, 5) is 4.88. The Kier molecular flexibility index (Phi) is 3.59. The number of hydrogen-bond donors (Lipinski definition) is 2. The second-order valence-corrected chi connectivity index (χ2v) is 4.49. The van der Waals surface area contributed by atoms with E-state index in [-0.39, 0.29) is 5.75 Å². The van der Waals surface area contributed by atoms with Gasteiger partial charge in [0.1, 0.15) is 5.60 Å². The highest BCUT2D eigenvalue weighted by Gasteiger charge is 2.25. The number of hydrogen-bond acceptors (Lipinski definition) is 4. The van der Waals surface area contributed by atoms with Gasteiger partial charge in [-0.2, -0.15) is 0 Å². The van der Waals surface area contributed by atoms with Crippen molar-refractivity contribution in [2.75, 3.05) is 7.11 Å². The van der Waals surface area contributed by atoms with E-state index in [0.717, 1.165) is 10.0 Å². The third-order valence-corrected chi connectivity index (χ3v) is 2.87. The molecular weight excluding hydrogens is 262 g/mol. The van der Waals surface area contributed by atoms with Crippen LogP contribution in [0, 0.1) is 0 Å². The van der Waals surface area contributed by atoms with E-state index in [1.165, 1.54) is 7.11 Å². The molecule has 0 heterocycles. The minimum atomic E-state index is -0.653. The first-order valence-electron chi connectivity index (χ1n) is 4.37. The molecule has 0 unspecified atom stereocenters. The lowest BCUT2D eigenvalue weighted by Gasteiger charge is -2.24. The summed E-state index contributed by atoms with van der Waals surface area (Å²) in [5.41, 5.74) is 0.152. The number of halogens is 1. The first-order valence-corrected chi connectivity index (χ1v) is 5.16. The molecular formula is C10H14BrNO3. The van der Waals surface area contributed by atoms with Crippen molar-refractivity contribution in [1.82, 2.24) is 0 Å². The summed E-state index contributed by atoms with van der Waals surface area (Å²) in [5, 5.41) is 9.53. The van der Waals surface area contributed by atoms with Crippen LogP contribution >= 0.6 is 15.9 Å². The Hall–Kier alpha value is -0.780. The number of phenols is 1. The Morgan fingerprint density at radius 2 is 2.00 bits per heavy atom. The fourth-order valence-corrected chi connectivity index (χ4v) is 2.04. The monoisotopic (exact) mass is 275 g/mol. The number of phenolic OH excluding ortho intramolecular Hbond substituents is 1. The first-order chi connectivity index (χ1) is 6.92. The van der Waals surface area contributed by atoms with Crippen molar-refractivity contribution in [3.63, 3.8) is 0 Å². The van der Waals surface area contributed by atoms with Crippen molar-refractivity contribution in [1.29, 1.82) is 0 Å². The Bertz CT molecular complexity index is 366. The number of nitrogens with two attached hydrogens (primary N) is 1. The van der Waals surface area contributed by atoms with Crippen LogP contribution in [0.3, 0.4) is 0 Å². The van der Waals surface area contributed by atoms with Crippen LogP contribution < -0.4 is 10.6 Å². The molecule has 84 valence electrons. The van der Waals surface area contributed by atoms with Gasteiger partial charge >= 0.3 is 0 Å². The van der Waals surface area contributed by atoms with Gasteiger partial charge in [-0.3, -0.25) is 4.84 Å². The van der Waals surface area contributed by atoms with Gasteiger partial charge in [-0.15, -0.1) is 0 Å². The second kappa shape index (κ2) is 4.38. The number of rotatable bonds is 3. The predicted molar refractivity (Wildman–Crippen MR) is 60.7 cm³/mol. The quantitative estimate of drug-likeness (QED) is 0.831. The molecule has 5 heteroatoms. The third kappa shape index (κ3) is 2.42. The zero-order chi connectivity index (χ0) is 11.6. The minimum Gasteiger partial charge on any atom is -0.504 e. The molecule has 0 aliphatic heterocycles. The largest absolute Gasteiger partial charge is 0.504 e. The van der Waals surface area contributed by atoms with Crippen LogP contribution in [0.1, 0.15) is 19.4 Å². The average molecular weight is 276 g/mol. The lowest BCUT2D eigenvalue weighted by Crippen LogP contribution is -2.25. The molecule has 0 saturated heterocycles. The highest BCUT2D eigenvalue weighted by molar-refractivity contribution is 9.10. The Morgan fingerprint density at radius 1 is 1.40 bits per heavy atom. The van der Waals surface area contributed by atoms with Gasteiger partial charge in [0.25, 0.3) is 0 Å². The molecule has 0 radical (unpaired) electrons. The molecule has 1 aromatic rings. The van der Waals surface area contributed by atoms with Gasteiger partial charge in [0.05, 0.1) is 7.11 Å². The molecule has 0 saturated carbocycles. The van der Waals surface area contributed by atoms with E-state index >= 15 is 0 Å². The molecule has 15 heavy (non-hydrogen) atoms. The number of ether oxygens (including phenoxy) is 1. The fraction of sp³-hybridized carbons (Fsp3) is 0.400. The van der Waals surface area contributed by atoms with E-state index in [4.69, 9.17) is 15.5 Å². The van der Waals surface area contributed by atoms with Crippen LogP contribution in [0.25, 0.3) is 0 Å². The summed E-state index contributed by atoms with van der Waals surface area (Å²) >= 11 is 3.34. The van der Waals surface area contributed by atoms with Gasteiger partial charge in [0.15, 0.2) is 11.5 Å². The summed E-state index contributed by atoms with van der Waals surface area (Å²) in [6, 6.07) is 3.24. The Balaban J connectivity index is 3.30. The van der Waals surface area contributed by atoms with Crippen molar-refractivity contribution < 1.29 is 14.7 Å². The molecule has 0 spiro atoms. The summed E-state index contributed by atoms with van der Waals surface area (Å²) in [6.45, 7) is 3.65. The number of benzene rings is 1. The summed E-state index contributed by atoms with van der Waals surface area (Å²) in [6.07, 6.45) is 0. The molecule has 0 atom stereocenters. The van der Waals surface area contributed by atoms with Crippen LogP contribution in [-0.2, 0) is 10.4 Å². The molecule has 0 fully saturated rings. The molecule has 0 aromatic heterocycles. The van der Waals surface area contributed by atoms with Gasteiger partial charge < -0.3 is 9.84 Å². The third-order valence-electron chi connectivity index (χ3n) is 2.21. The maximum absolute atomic E-state index is 9.53. The van der Waals surface area contributed by atoms with Gasteiger partial charge in [0.2, 0.25) is 0 Å². The highest BCUT2D eigenvalue weighted by atomic mass is 79.9. The fourth-order valence-electron chi connectivity index (χ4n) is 1.23. The van der Waals surface area contributed by atoms with Crippen molar-refractivity contribution in [3.8, 4) is 11.5 Å². The maximum Gasteiger partial charge on any atom is 0.160 e. The van der Waals surface area contributed by atoms with E-state index in [9.17, 15) is 5.11 Å². The second-order valence-electron chi connectivity index (χ2n) is 3.63. The molecule has 0 amide bonds. The normalized spacial score (nSPS) is 11.5. The first kappa shape index (κ1) is 12.3. The molecule has 1 aromatic carbocycles. The average Bonchev–Trinajstić information content (AvgIpc) is 2.17. The number of aromatic hydroxyl groups is 1. The minimum absolute atomic E-state index is 0.0703. The lowest BCUT2D eigenvalue weighted by molar-refractivity contribution is -0.0243. The van der Waals surface area contributed by atoms with E-state index in [2.05, 4.69) is 15.9 Å². The van der Waals surface area contributed by atoms with E-state index in [1.54, 1.807) is 12.1 Å². The van der Waals surface area contributed by atoms with Crippen molar-refractivity contribution >= 4 is 15.9 Å². The Morgan fingerprint density at radius 3 is 2.47 bits per heavy atom. The van der Waals surface area contributed by atoms with E-state index in [0.29, 0.717) is 5.75 Å². The highest BCUT2D eigenvalue weighted by Crippen LogP contribution is 2.38. The lowest BCUT2D eigenvalue weighted by atomic mass is 9.98. The van der Waals surface area contributed by atoms with E-state index in [1.807, 2.05) is 13.8 Å². The van der Waals surface area contributed by atoms with Gasteiger partial charge in [-0.1, -0.05) is 15.9 Å². The molecule has 0 aliphatic carbocycles. The maximum atomic E-state index is 9.53. The van der Waals surface area contributed by atoms with Crippen molar-refractivity contribution in [3.05, 3.63) is 22.2 Å². The topological polar surface area (TPSA) is 64.7 Å². The predicted octanol–water partition coefficient (Wildman–Crippen LogP) is 2.29. The van der Waals surface area contributed by atoms with Crippen LogP contribution in [-0.4, -0.2) is 12.2 Å². The summed E-state index contributed by atoms with van der Waals surface area (Å²) in [5.74, 6) is 5.67. The van der Waals surface area contributed by atoms with Gasteiger partial charge in [0, 0.05) is 10.0 Å². The van der Waals surface area contributed by atoms with Crippen LogP contribution in [0.2, 0.25) is 0 Å². The summed E-state index contributed by atoms with van der Waals surface area (Å²) < 4.78 is 5.73. The van der Waals surface area contributed by atoms with Crippen LogP contribution in [0.4, 0.5) is 0 Å². The standard InChI is InChI=1S/C10H14BrNO3/c1-10(2,15-12)6-4-9(14-3)8(13)5-7(6)11/h4-5,13H,12H2,1-3H3. The smallest absolute Gasteiger partial charge is 0.160 e. The van der Waals surface area contributed by atoms with Gasteiger partial charge in [-0.25, -0.2) is 5.90 Å². The van der Waals surface area contributed by atoms with E-state index < -0.39 is 5.60 Å². The van der Waals surface area contributed by atoms with Crippen LogP contribution in [0.15, 0.2) is 16.6 Å². The zero-order valence-electron chi connectivity index (χ0n) is 8.87. The van der Waals surface area contributed by atoms with Gasteiger partial charge in [-0.05, 0) is 26.0 Å². The molecule has 4 nitrogen and oxygen atoms in total. The van der Waals surface area contributed by atoms with Crippen molar-refractivity contribution in [2.45, 2.75) is 19.4 Å². The summed E-state index contributed by atoms with van der Waals surface area (Å²) in [7, 11) is 1.49.